The summed E-state index contributed by atoms with van der Waals surface area (Å²) in [7, 11) is 0. The fourth-order valence-corrected chi connectivity index (χ4v) is 3.62. The molecule has 4 rings (SSSR count). The summed E-state index contributed by atoms with van der Waals surface area (Å²) >= 11 is 0. The van der Waals surface area contributed by atoms with E-state index in [0.29, 0.717) is 11.8 Å². The molecule has 32 heavy (non-hydrogen) atoms. The average Bonchev–Trinajstić information content (AvgIpc) is 3.48. The van der Waals surface area contributed by atoms with Crippen LogP contribution < -0.4 is 11.5 Å². The zero-order valence-corrected chi connectivity index (χ0v) is 19.1. The van der Waals surface area contributed by atoms with Crippen LogP contribution >= 0.6 is 0 Å². The van der Waals surface area contributed by atoms with Crippen molar-refractivity contribution in [2.75, 3.05) is 0 Å². The molecule has 6 nitrogen and oxygen atoms in total. The van der Waals surface area contributed by atoms with Gasteiger partial charge in [-0.15, -0.1) is 0 Å². The van der Waals surface area contributed by atoms with E-state index in [-0.39, 0.29) is 12.1 Å². The van der Waals surface area contributed by atoms with Crippen LogP contribution in [-0.4, -0.2) is 19.9 Å². The van der Waals surface area contributed by atoms with Crippen molar-refractivity contribution >= 4 is 0 Å². The molecule has 0 bridgehead atoms. The van der Waals surface area contributed by atoms with Crippen LogP contribution in [-0.2, 0) is 0 Å². The highest BCUT2D eigenvalue weighted by molar-refractivity contribution is 5.71. The number of rotatable bonds is 7. The Bertz CT molecular complexity index is 1060. The third-order valence-corrected chi connectivity index (χ3v) is 5.98. The van der Waals surface area contributed by atoms with Crippen LogP contribution in [0.25, 0.3) is 33.6 Å². The molecule has 0 saturated carbocycles. The number of benzene rings is 2. The Morgan fingerprint density at radius 2 is 0.875 bits per heavy atom. The molecule has 4 aromatic rings. The third kappa shape index (κ3) is 4.52. The van der Waals surface area contributed by atoms with E-state index in [1.54, 1.807) is 0 Å². The summed E-state index contributed by atoms with van der Waals surface area (Å²) in [5, 5.41) is 0. The van der Waals surface area contributed by atoms with E-state index in [0.717, 1.165) is 45.3 Å². The maximum Gasteiger partial charge on any atom is 0.123 e. The average molecular weight is 429 g/mol. The van der Waals surface area contributed by atoms with Crippen molar-refractivity contribution in [3.63, 3.8) is 0 Å². The van der Waals surface area contributed by atoms with Crippen LogP contribution in [0.15, 0.2) is 60.9 Å². The normalized spacial score (nSPS) is 13.6. The second-order valence-corrected chi connectivity index (χ2v) is 9.06. The first-order valence-corrected chi connectivity index (χ1v) is 11.2. The van der Waals surface area contributed by atoms with Crippen molar-refractivity contribution in [3.8, 4) is 33.6 Å². The molecule has 0 aliphatic rings. The molecule has 0 amide bonds. The monoisotopic (exact) mass is 428 g/mol. The van der Waals surface area contributed by atoms with E-state index in [9.17, 15) is 0 Å². The first-order valence-electron chi connectivity index (χ1n) is 11.2. The zero-order chi connectivity index (χ0) is 22.8. The van der Waals surface area contributed by atoms with Crippen molar-refractivity contribution < 1.29 is 0 Å². The standard InChI is InChI=1S/C26H32N6/c1-15(2)23(27)25-29-13-21(31-25)19-9-5-17(6-10-19)18-7-11-20(12-8-18)22-14-30-26(32-22)24(28)16(3)4/h5-16,23-24H,27-28H2,1-4H3,(H,29,31)(H,30,32). The molecule has 2 atom stereocenters. The number of aromatic nitrogens is 4. The van der Waals surface area contributed by atoms with Gasteiger partial charge in [0.15, 0.2) is 0 Å². The van der Waals surface area contributed by atoms with Crippen LogP contribution in [0.4, 0.5) is 0 Å². The van der Waals surface area contributed by atoms with Crippen LogP contribution in [0.1, 0.15) is 51.4 Å². The fraction of sp³-hybridized carbons (Fsp3) is 0.308. The number of hydrogen-bond donors (Lipinski definition) is 4. The van der Waals surface area contributed by atoms with Crippen molar-refractivity contribution in [3.05, 3.63) is 72.6 Å². The molecule has 0 saturated heterocycles. The molecule has 6 N–H and O–H groups in total. The lowest BCUT2D eigenvalue weighted by molar-refractivity contribution is 0.494. The van der Waals surface area contributed by atoms with Gasteiger partial charge in [0.25, 0.3) is 0 Å². The second kappa shape index (κ2) is 9.10. The van der Waals surface area contributed by atoms with E-state index in [1.165, 1.54) is 0 Å². The topological polar surface area (TPSA) is 109 Å². The Hall–Kier alpha value is -3.22. The van der Waals surface area contributed by atoms with Gasteiger partial charge in [0.05, 0.1) is 35.9 Å². The van der Waals surface area contributed by atoms with Crippen LogP contribution in [0, 0.1) is 11.8 Å². The van der Waals surface area contributed by atoms with E-state index < -0.39 is 0 Å². The van der Waals surface area contributed by atoms with Crippen LogP contribution in [0.2, 0.25) is 0 Å². The van der Waals surface area contributed by atoms with Crippen molar-refractivity contribution in [1.82, 2.24) is 19.9 Å². The first kappa shape index (κ1) is 22.0. The molecule has 2 heterocycles. The van der Waals surface area contributed by atoms with E-state index in [2.05, 4.69) is 96.2 Å². The quantitative estimate of drug-likeness (QED) is 0.314. The second-order valence-electron chi connectivity index (χ2n) is 9.06. The Morgan fingerprint density at radius 1 is 0.562 bits per heavy atom. The number of nitrogens with zero attached hydrogens (tertiary/aromatic N) is 2. The molecule has 6 heteroatoms. The first-order chi connectivity index (χ1) is 15.3. The number of H-pyrrole nitrogens is 2. The number of nitrogens with two attached hydrogens (primary N) is 2. The van der Waals surface area contributed by atoms with Gasteiger partial charge in [-0.05, 0) is 34.1 Å². The van der Waals surface area contributed by atoms with Crippen LogP contribution in [0.5, 0.6) is 0 Å². The summed E-state index contributed by atoms with van der Waals surface area (Å²) in [6.45, 7) is 8.38. The lowest BCUT2D eigenvalue weighted by Crippen LogP contribution is -2.18. The molecule has 0 aliphatic carbocycles. The molecular weight excluding hydrogens is 396 g/mol. The van der Waals surface area contributed by atoms with Gasteiger partial charge in [0, 0.05) is 0 Å². The van der Waals surface area contributed by atoms with E-state index >= 15 is 0 Å². The molecule has 166 valence electrons. The maximum absolute atomic E-state index is 6.21. The van der Waals surface area contributed by atoms with Gasteiger partial charge < -0.3 is 21.4 Å². The number of imidazole rings is 2. The smallest absolute Gasteiger partial charge is 0.123 e. The summed E-state index contributed by atoms with van der Waals surface area (Å²) in [6.07, 6.45) is 3.70. The summed E-state index contributed by atoms with van der Waals surface area (Å²) in [5.74, 6) is 2.32. The van der Waals surface area contributed by atoms with Gasteiger partial charge in [-0.25, -0.2) is 9.97 Å². The minimum absolute atomic E-state index is 0.0893. The van der Waals surface area contributed by atoms with E-state index in [1.807, 2.05) is 12.4 Å². The minimum Gasteiger partial charge on any atom is -0.341 e. The molecule has 0 aliphatic heterocycles. The van der Waals surface area contributed by atoms with Gasteiger partial charge in [0.2, 0.25) is 0 Å². The summed E-state index contributed by atoms with van der Waals surface area (Å²) in [6, 6.07) is 16.8. The van der Waals surface area contributed by atoms with Gasteiger partial charge in [0.1, 0.15) is 11.6 Å². The van der Waals surface area contributed by atoms with Gasteiger partial charge in [-0.3, -0.25) is 0 Å². The van der Waals surface area contributed by atoms with Crippen molar-refractivity contribution in [2.24, 2.45) is 23.3 Å². The maximum atomic E-state index is 6.21. The molecular formula is C26H32N6. The summed E-state index contributed by atoms with van der Waals surface area (Å²) in [5.41, 5.74) is 18.9. The largest absolute Gasteiger partial charge is 0.341 e. The Balaban J connectivity index is 1.49. The van der Waals surface area contributed by atoms with Gasteiger partial charge in [-0.2, -0.15) is 0 Å². The van der Waals surface area contributed by atoms with Gasteiger partial charge >= 0.3 is 0 Å². The zero-order valence-electron chi connectivity index (χ0n) is 19.1. The van der Waals surface area contributed by atoms with Crippen molar-refractivity contribution in [2.45, 2.75) is 39.8 Å². The fourth-order valence-electron chi connectivity index (χ4n) is 3.62. The SMILES string of the molecule is CC(C)C(N)c1ncc(-c2ccc(-c3ccc(-c4cnc(C(N)C(C)C)[nH]4)cc3)cc2)[nH]1. The number of aromatic amines is 2. The predicted octanol–water partition coefficient (Wildman–Crippen LogP) is 5.45. The van der Waals surface area contributed by atoms with E-state index in [4.69, 9.17) is 11.5 Å². The number of hydrogen-bond acceptors (Lipinski definition) is 4. The molecule has 0 radical (unpaired) electrons. The highest BCUT2D eigenvalue weighted by Crippen LogP contribution is 2.28. The molecule has 0 spiro atoms. The van der Waals surface area contributed by atoms with Gasteiger partial charge in [-0.1, -0.05) is 76.2 Å². The highest BCUT2D eigenvalue weighted by atomic mass is 15.0. The summed E-state index contributed by atoms with van der Waals surface area (Å²) < 4.78 is 0. The lowest BCUT2D eigenvalue weighted by Gasteiger charge is -2.12. The highest BCUT2D eigenvalue weighted by Gasteiger charge is 2.15. The third-order valence-electron chi connectivity index (χ3n) is 5.98. The number of nitrogens with one attached hydrogen (secondary N) is 2. The molecule has 2 aromatic heterocycles. The Morgan fingerprint density at radius 3 is 1.19 bits per heavy atom. The Kier molecular flexibility index (Phi) is 6.26. The minimum atomic E-state index is -0.0893. The summed E-state index contributed by atoms with van der Waals surface area (Å²) in [4.78, 5) is 15.6. The molecule has 2 unspecified atom stereocenters. The van der Waals surface area contributed by atoms with Crippen LogP contribution in [0.3, 0.4) is 0 Å². The van der Waals surface area contributed by atoms with Crippen molar-refractivity contribution in [1.29, 1.82) is 0 Å². The Labute approximate surface area is 189 Å². The molecule has 0 fully saturated rings. The lowest BCUT2D eigenvalue weighted by atomic mass is 10.0. The molecule has 2 aromatic carbocycles. The predicted molar refractivity (Wildman–Crippen MR) is 131 cm³/mol.